The molecule has 98 valence electrons. The number of ether oxygens (including phenoxy) is 1. The average Bonchev–Trinajstić information content (AvgIpc) is 3.18. The number of para-hydroxylation sites is 1. The van der Waals surface area contributed by atoms with Crippen LogP contribution in [-0.2, 0) is 5.41 Å². The van der Waals surface area contributed by atoms with Gasteiger partial charge in [-0.05, 0) is 31.0 Å². The van der Waals surface area contributed by atoms with Crippen LogP contribution in [0.15, 0.2) is 48.5 Å². The van der Waals surface area contributed by atoms with E-state index in [1.807, 2.05) is 18.2 Å². The Bertz CT molecular complexity index is 591. The summed E-state index contributed by atoms with van der Waals surface area (Å²) in [5.41, 5.74) is 0.809. The topological polar surface area (TPSA) is 29.5 Å². The molecular weight excluding hydrogens is 243 g/mol. The average molecular weight is 258 g/mol. The highest BCUT2D eigenvalue weighted by Crippen LogP contribution is 2.51. The molecule has 0 radical (unpaired) electrons. The Kier molecular flexibility index (Phi) is 2.90. The zero-order chi connectivity index (χ0) is 13.3. The lowest BCUT2D eigenvalue weighted by molar-refractivity contribution is 0.273. The number of hydrogen-bond acceptors (Lipinski definition) is 2. The zero-order valence-electron chi connectivity index (χ0n) is 10.5. The Morgan fingerprint density at radius 2 is 1.89 bits per heavy atom. The van der Waals surface area contributed by atoms with E-state index < -0.39 is 0 Å². The minimum absolute atomic E-state index is 0.113. The van der Waals surface area contributed by atoms with Crippen LogP contribution in [-0.4, -0.2) is 11.7 Å². The number of phenols is 1. The summed E-state index contributed by atoms with van der Waals surface area (Å²) in [5, 5.41) is 9.91. The third kappa shape index (κ3) is 2.41. The molecule has 0 heterocycles. The van der Waals surface area contributed by atoms with Crippen LogP contribution in [0.2, 0.25) is 0 Å². The molecular formula is C16H15FO2. The van der Waals surface area contributed by atoms with Crippen LogP contribution in [0.25, 0.3) is 0 Å². The predicted molar refractivity (Wildman–Crippen MR) is 70.9 cm³/mol. The number of benzene rings is 2. The molecule has 1 saturated carbocycles. The summed E-state index contributed by atoms with van der Waals surface area (Å²) in [6.07, 6.45) is 1.97. The second-order valence-electron chi connectivity index (χ2n) is 5.04. The molecule has 2 aromatic rings. The maximum atomic E-state index is 13.1. The summed E-state index contributed by atoms with van der Waals surface area (Å²) in [6.45, 7) is 0.466. The van der Waals surface area contributed by atoms with Gasteiger partial charge in [0.1, 0.15) is 17.3 Å². The smallest absolute Gasteiger partial charge is 0.126 e. The van der Waals surface area contributed by atoms with Crippen molar-refractivity contribution in [3.8, 4) is 11.5 Å². The van der Waals surface area contributed by atoms with Gasteiger partial charge in [0.2, 0.25) is 0 Å². The number of aromatic hydroxyl groups is 1. The van der Waals surface area contributed by atoms with Gasteiger partial charge < -0.3 is 9.84 Å². The normalized spacial score (nSPS) is 16.1. The van der Waals surface area contributed by atoms with E-state index in [0.717, 1.165) is 18.4 Å². The number of rotatable bonds is 4. The van der Waals surface area contributed by atoms with Crippen LogP contribution in [0.3, 0.4) is 0 Å². The maximum absolute atomic E-state index is 13.1. The summed E-state index contributed by atoms with van der Waals surface area (Å²) < 4.78 is 18.7. The van der Waals surface area contributed by atoms with Crippen molar-refractivity contribution in [2.45, 2.75) is 18.3 Å². The van der Waals surface area contributed by atoms with Gasteiger partial charge in [0, 0.05) is 17.0 Å². The SMILES string of the molecule is Oc1ccccc1C1(COc2cccc(F)c2)CC1. The van der Waals surface area contributed by atoms with Gasteiger partial charge >= 0.3 is 0 Å². The van der Waals surface area contributed by atoms with E-state index in [-0.39, 0.29) is 11.2 Å². The molecule has 0 amide bonds. The van der Waals surface area contributed by atoms with Gasteiger partial charge in [-0.25, -0.2) is 4.39 Å². The van der Waals surface area contributed by atoms with Gasteiger partial charge in [-0.2, -0.15) is 0 Å². The fourth-order valence-electron chi connectivity index (χ4n) is 2.34. The predicted octanol–water partition coefficient (Wildman–Crippen LogP) is 3.64. The maximum Gasteiger partial charge on any atom is 0.126 e. The molecule has 0 spiro atoms. The highest BCUT2D eigenvalue weighted by molar-refractivity contribution is 5.42. The van der Waals surface area contributed by atoms with Crippen molar-refractivity contribution in [1.82, 2.24) is 0 Å². The van der Waals surface area contributed by atoms with E-state index in [0.29, 0.717) is 18.1 Å². The molecule has 1 N–H and O–H groups in total. The first-order chi connectivity index (χ1) is 9.20. The minimum atomic E-state index is -0.301. The van der Waals surface area contributed by atoms with Crippen LogP contribution >= 0.6 is 0 Å². The van der Waals surface area contributed by atoms with Crippen LogP contribution in [0.5, 0.6) is 11.5 Å². The van der Waals surface area contributed by atoms with Crippen molar-refractivity contribution in [2.75, 3.05) is 6.61 Å². The molecule has 0 saturated heterocycles. The highest BCUT2D eigenvalue weighted by Gasteiger charge is 2.46. The quantitative estimate of drug-likeness (QED) is 0.907. The Morgan fingerprint density at radius 3 is 2.58 bits per heavy atom. The summed E-state index contributed by atoms with van der Waals surface area (Å²) in [5.74, 6) is 0.537. The van der Waals surface area contributed by atoms with Gasteiger partial charge in [-0.1, -0.05) is 24.3 Å². The Hall–Kier alpha value is -2.03. The Balaban J connectivity index is 1.75. The first-order valence-corrected chi connectivity index (χ1v) is 6.36. The molecule has 1 aliphatic rings. The fraction of sp³-hybridized carbons (Fsp3) is 0.250. The lowest BCUT2D eigenvalue weighted by Gasteiger charge is -2.18. The van der Waals surface area contributed by atoms with Crippen LogP contribution in [0.1, 0.15) is 18.4 Å². The van der Waals surface area contributed by atoms with Gasteiger partial charge in [0.15, 0.2) is 0 Å². The number of phenolic OH excluding ortho intramolecular Hbond substituents is 1. The lowest BCUT2D eigenvalue weighted by atomic mass is 9.96. The fourth-order valence-corrected chi connectivity index (χ4v) is 2.34. The summed E-state index contributed by atoms with van der Waals surface area (Å²) >= 11 is 0. The minimum Gasteiger partial charge on any atom is -0.508 e. The zero-order valence-corrected chi connectivity index (χ0v) is 10.5. The molecule has 0 unspecified atom stereocenters. The van der Waals surface area contributed by atoms with Crippen molar-refractivity contribution >= 4 is 0 Å². The standard InChI is InChI=1S/C16H15FO2/c17-12-4-3-5-13(10-12)19-11-16(8-9-16)14-6-1-2-7-15(14)18/h1-7,10,18H,8-9,11H2. The van der Waals surface area contributed by atoms with Gasteiger partial charge in [-0.15, -0.1) is 0 Å². The molecule has 3 heteroatoms. The third-order valence-corrected chi connectivity index (χ3v) is 3.64. The Morgan fingerprint density at radius 1 is 1.11 bits per heavy atom. The monoisotopic (exact) mass is 258 g/mol. The van der Waals surface area contributed by atoms with Crippen LogP contribution in [0, 0.1) is 5.82 Å². The number of halogens is 1. The van der Waals surface area contributed by atoms with E-state index in [1.54, 1.807) is 18.2 Å². The first-order valence-electron chi connectivity index (χ1n) is 6.36. The van der Waals surface area contributed by atoms with Gasteiger partial charge in [-0.3, -0.25) is 0 Å². The van der Waals surface area contributed by atoms with Crippen LogP contribution < -0.4 is 4.74 Å². The second-order valence-corrected chi connectivity index (χ2v) is 5.04. The summed E-state index contributed by atoms with van der Waals surface area (Å²) in [7, 11) is 0. The Labute approximate surface area is 111 Å². The molecule has 2 nitrogen and oxygen atoms in total. The molecule has 19 heavy (non-hydrogen) atoms. The summed E-state index contributed by atoms with van der Waals surface area (Å²) in [6, 6.07) is 13.5. The third-order valence-electron chi connectivity index (χ3n) is 3.64. The number of hydrogen-bond donors (Lipinski definition) is 1. The van der Waals surface area contributed by atoms with E-state index in [2.05, 4.69) is 0 Å². The van der Waals surface area contributed by atoms with Gasteiger partial charge in [0.25, 0.3) is 0 Å². The molecule has 1 aliphatic carbocycles. The molecule has 0 aliphatic heterocycles. The van der Waals surface area contributed by atoms with E-state index in [1.165, 1.54) is 12.1 Å². The second kappa shape index (κ2) is 4.57. The molecule has 2 aromatic carbocycles. The molecule has 0 aromatic heterocycles. The van der Waals surface area contributed by atoms with Crippen molar-refractivity contribution in [2.24, 2.45) is 0 Å². The van der Waals surface area contributed by atoms with Gasteiger partial charge in [0.05, 0.1) is 6.61 Å². The molecule has 3 rings (SSSR count). The molecule has 0 bridgehead atoms. The van der Waals surface area contributed by atoms with Crippen molar-refractivity contribution in [3.05, 3.63) is 59.9 Å². The lowest BCUT2D eigenvalue weighted by Crippen LogP contribution is -2.17. The van der Waals surface area contributed by atoms with Crippen molar-refractivity contribution in [1.29, 1.82) is 0 Å². The van der Waals surface area contributed by atoms with Crippen molar-refractivity contribution in [3.63, 3.8) is 0 Å². The van der Waals surface area contributed by atoms with E-state index >= 15 is 0 Å². The highest BCUT2D eigenvalue weighted by atomic mass is 19.1. The molecule has 1 fully saturated rings. The van der Waals surface area contributed by atoms with E-state index in [4.69, 9.17) is 4.74 Å². The first kappa shape index (κ1) is 12.0. The molecule has 0 atom stereocenters. The van der Waals surface area contributed by atoms with E-state index in [9.17, 15) is 9.50 Å². The van der Waals surface area contributed by atoms with Crippen LogP contribution in [0.4, 0.5) is 4.39 Å². The largest absolute Gasteiger partial charge is 0.508 e. The van der Waals surface area contributed by atoms with Crippen molar-refractivity contribution < 1.29 is 14.2 Å². The summed E-state index contributed by atoms with van der Waals surface area (Å²) in [4.78, 5) is 0.